The first-order valence-electron chi connectivity index (χ1n) is 12.7. The van der Waals surface area contributed by atoms with Gasteiger partial charge in [0.1, 0.15) is 11.9 Å². The standard InChI is InChI=1S/C23H44N3O10PS/c1-4-5-6-7-8-9-10-16(27)19(38)18(29)21(31)26-14-13-24-17(28)11-12-25-22(32)20(30)23(2,3)15-36-37(33,34)35/h18-20,29-30,38H,4-15H2,1-3H3,(H,24,28)(H,25,32)(H,26,31)(H2,33,34,35)/t18-,19+,20+/m1/s1. The summed E-state index contributed by atoms with van der Waals surface area (Å²) in [5.41, 5.74) is -1.30. The van der Waals surface area contributed by atoms with Gasteiger partial charge >= 0.3 is 7.82 Å². The summed E-state index contributed by atoms with van der Waals surface area (Å²) >= 11 is 4.08. The Hall–Kier alpha value is -1.54. The van der Waals surface area contributed by atoms with Crippen LogP contribution in [0.3, 0.4) is 0 Å². The molecule has 0 unspecified atom stereocenters. The topological polar surface area (TPSA) is 212 Å². The summed E-state index contributed by atoms with van der Waals surface area (Å²) in [5.74, 6) is -2.38. The van der Waals surface area contributed by atoms with Gasteiger partial charge in [-0.3, -0.25) is 23.7 Å². The Labute approximate surface area is 229 Å². The zero-order valence-corrected chi connectivity index (χ0v) is 24.1. The van der Waals surface area contributed by atoms with Crippen LogP contribution in [0.5, 0.6) is 0 Å². The molecule has 0 rings (SSSR count). The number of rotatable bonds is 21. The van der Waals surface area contributed by atoms with E-state index in [1.807, 2.05) is 0 Å². The fourth-order valence-corrected chi connectivity index (χ4v) is 3.97. The zero-order chi connectivity index (χ0) is 29.4. The Morgan fingerprint density at radius 3 is 2.03 bits per heavy atom. The van der Waals surface area contributed by atoms with Crippen molar-refractivity contribution in [3.63, 3.8) is 0 Å². The molecule has 0 aromatic heterocycles. The number of nitrogens with one attached hydrogen (secondary N) is 3. The number of hydrogen-bond acceptors (Lipinski definition) is 9. The van der Waals surface area contributed by atoms with E-state index in [0.29, 0.717) is 6.42 Å². The number of carbonyl (C=O) groups is 4. The summed E-state index contributed by atoms with van der Waals surface area (Å²) in [7, 11) is -4.76. The smallest absolute Gasteiger partial charge is 0.383 e. The first-order chi connectivity index (χ1) is 17.6. The van der Waals surface area contributed by atoms with Crippen LogP contribution in [-0.2, 0) is 28.3 Å². The van der Waals surface area contributed by atoms with Crippen LogP contribution in [0.1, 0.15) is 72.1 Å². The van der Waals surface area contributed by atoms with Gasteiger partial charge in [0.15, 0.2) is 6.10 Å². The van der Waals surface area contributed by atoms with Crippen LogP contribution in [0.4, 0.5) is 0 Å². The van der Waals surface area contributed by atoms with Gasteiger partial charge in [-0.25, -0.2) is 4.57 Å². The third-order valence-corrected chi connectivity index (χ3v) is 6.70. The lowest BCUT2D eigenvalue weighted by Crippen LogP contribution is -2.47. The highest BCUT2D eigenvalue weighted by Gasteiger charge is 2.36. The summed E-state index contributed by atoms with van der Waals surface area (Å²) in [6.45, 7) is 4.21. The highest BCUT2D eigenvalue weighted by Crippen LogP contribution is 2.38. The third kappa shape index (κ3) is 16.4. The maximum absolute atomic E-state index is 12.2. The quantitative estimate of drug-likeness (QED) is 0.0521. The lowest BCUT2D eigenvalue weighted by molar-refractivity contribution is -0.137. The van der Waals surface area contributed by atoms with Gasteiger partial charge in [-0.05, 0) is 6.42 Å². The van der Waals surface area contributed by atoms with E-state index in [2.05, 4.69) is 40.0 Å². The van der Waals surface area contributed by atoms with Crippen LogP contribution >= 0.6 is 20.5 Å². The first kappa shape index (κ1) is 36.5. The molecule has 0 fully saturated rings. The molecule has 3 atom stereocenters. The van der Waals surface area contributed by atoms with E-state index in [0.717, 1.165) is 32.1 Å². The average molecular weight is 586 g/mol. The molecule has 0 aromatic carbocycles. The van der Waals surface area contributed by atoms with Gasteiger partial charge in [0.2, 0.25) is 11.8 Å². The van der Waals surface area contributed by atoms with Gasteiger partial charge in [0.25, 0.3) is 5.91 Å². The number of phosphoric acid groups is 1. The molecule has 0 saturated carbocycles. The summed E-state index contributed by atoms with van der Waals surface area (Å²) < 4.78 is 15.2. The van der Waals surface area contributed by atoms with E-state index < -0.39 is 55.0 Å². The second-order valence-corrected chi connectivity index (χ2v) is 11.5. The monoisotopic (exact) mass is 585 g/mol. The second-order valence-electron chi connectivity index (χ2n) is 9.71. The molecule has 0 aromatic rings. The summed E-state index contributed by atoms with van der Waals surface area (Å²) in [6, 6.07) is 0. The predicted molar refractivity (Wildman–Crippen MR) is 143 cm³/mol. The van der Waals surface area contributed by atoms with Crippen molar-refractivity contribution in [1.29, 1.82) is 0 Å². The molecular weight excluding hydrogens is 541 g/mol. The van der Waals surface area contributed by atoms with Crippen molar-refractivity contribution in [2.75, 3.05) is 26.2 Å². The normalized spacial score (nSPS) is 14.3. The van der Waals surface area contributed by atoms with Crippen LogP contribution < -0.4 is 16.0 Å². The van der Waals surface area contributed by atoms with Gasteiger partial charge in [0, 0.05) is 37.9 Å². The molecule has 38 heavy (non-hydrogen) atoms. The Morgan fingerprint density at radius 1 is 0.868 bits per heavy atom. The number of hydrogen-bond donors (Lipinski definition) is 8. The molecule has 0 aliphatic rings. The van der Waals surface area contributed by atoms with E-state index in [-0.39, 0.29) is 38.3 Å². The SMILES string of the molecule is CCCCCCCCC(=O)[C@H](S)[C@@H](O)C(=O)NCCNC(=O)CCNC(=O)[C@H](O)C(C)(C)COP(=O)(O)O. The van der Waals surface area contributed by atoms with Gasteiger partial charge in [-0.2, -0.15) is 12.6 Å². The number of Topliss-reactive ketones (excluding diaryl/α,β-unsaturated/α-hetero) is 1. The van der Waals surface area contributed by atoms with Gasteiger partial charge in [-0.1, -0.05) is 52.9 Å². The van der Waals surface area contributed by atoms with Crippen LogP contribution in [0.25, 0.3) is 0 Å². The van der Waals surface area contributed by atoms with E-state index >= 15 is 0 Å². The molecule has 0 saturated heterocycles. The number of amides is 3. The highest BCUT2D eigenvalue weighted by molar-refractivity contribution is 7.82. The zero-order valence-electron chi connectivity index (χ0n) is 22.4. The van der Waals surface area contributed by atoms with Crippen molar-refractivity contribution in [2.45, 2.75) is 89.6 Å². The Bertz CT molecular complexity index is 808. The Kier molecular flexibility index (Phi) is 17.9. The molecule has 222 valence electrons. The van der Waals surface area contributed by atoms with E-state index in [9.17, 15) is 34.0 Å². The maximum Gasteiger partial charge on any atom is 0.469 e. The molecule has 0 spiro atoms. The fourth-order valence-electron chi connectivity index (χ4n) is 3.21. The van der Waals surface area contributed by atoms with Gasteiger partial charge < -0.3 is 36.0 Å². The van der Waals surface area contributed by atoms with E-state index in [4.69, 9.17) is 9.79 Å². The number of phosphoric ester groups is 1. The number of ketones is 1. The van der Waals surface area contributed by atoms with Crippen molar-refractivity contribution in [3.8, 4) is 0 Å². The number of thiol groups is 1. The van der Waals surface area contributed by atoms with E-state index in [1.165, 1.54) is 13.8 Å². The lowest BCUT2D eigenvalue weighted by atomic mass is 9.87. The first-order valence-corrected chi connectivity index (χ1v) is 14.8. The molecule has 0 aliphatic carbocycles. The highest BCUT2D eigenvalue weighted by atomic mass is 32.1. The molecule has 0 radical (unpaired) electrons. The number of aliphatic hydroxyl groups excluding tert-OH is 2. The largest absolute Gasteiger partial charge is 0.469 e. The molecule has 0 bridgehead atoms. The van der Waals surface area contributed by atoms with Crippen molar-refractivity contribution < 1.29 is 48.3 Å². The average Bonchev–Trinajstić information content (AvgIpc) is 2.85. The molecular formula is C23H44N3O10PS. The lowest BCUT2D eigenvalue weighted by Gasteiger charge is -2.29. The molecule has 3 amide bonds. The minimum atomic E-state index is -4.76. The molecule has 0 aliphatic heterocycles. The number of carbonyl (C=O) groups excluding carboxylic acids is 4. The van der Waals surface area contributed by atoms with Crippen LogP contribution in [0, 0.1) is 5.41 Å². The van der Waals surface area contributed by atoms with Crippen LogP contribution in [0.2, 0.25) is 0 Å². The molecule has 0 heterocycles. The van der Waals surface area contributed by atoms with Crippen molar-refractivity contribution >= 4 is 44.0 Å². The summed E-state index contributed by atoms with van der Waals surface area (Å²) in [5, 5.41) is 26.3. The predicted octanol–water partition coefficient (Wildman–Crippen LogP) is 0.201. The minimum absolute atomic E-state index is 0.00736. The second kappa shape index (κ2) is 18.7. The van der Waals surface area contributed by atoms with Crippen molar-refractivity contribution in [3.05, 3.63) is 0 Å². The number of aliphatic hydroxyl groups is 2. The molecule has 7 N–H and O–H groups in total. The molecule has 15 heteroatoms. The summed E-state index contributed by atoms with van der Waals surface area (Å²) in [6.07, 6.45) is 2.88. The van der Waals surface area contributed by atoms with Crippen molar-refractivity contribution in [2.24, 2.45) is 5.41 Å². The van der Waals surface area contributed by atoms with Crippen molar-refractivity contribution in [1.82, 2.24) is 16.0 Å². The fraction of sp³-hybridized carbons (Fsp3) is 0.826. The summed E-state index contributed by atoms with van der Waals surface area (Å²) in [4.78, 5) is 65.7. The maximum atomic E-state index is 12.2. The van der Waals surface area contributed by atoms with Gasteiger partial charge in [-0.15, -0.1) is 0 Å². The van der Waals surface area contributed by atoms with Crippen LogP contribution in [-0.4, -0.2) is 87.2 Å². The number of unbranched alkanes of at least 4 members (excludes halogenated alkanes) is 5. The van der Waals surface area contributed by atoms with Gasteiger partial charge in [0.05, 0.1) is 11.9 Å². The Balaban J connectivity index is 4.17. The molecule has 13 nitrogen and oxygen atoms in total. The van der Waals surface area contributed by atoms with Crippen LogP contribution in [0.15, 0.2) is 0 Å². The Morgan fingerprint density at radius 2 is 1.42 bits per heavy atom. The third-order valence-electron chi connectivity index (χ3n) is 5.67. The van der Waals surface area contributed by atoms with E-state index in [1.54, 1.807) is 0 Å². The minimum Gasteiger partial charge on any atom is -0.383 e.